The maximum atomic E-state index is 12.7. The van der Waals surface area contributed by atoms with E-state index in [4.69, 9.17) is 0 Å². The molecule has 4 nitrogen and oxygen atoms in total. The lowest BCUT2D eigenvalue weighted by molar-refractivity contribution is -0.137. The average molecular weight is 341 g/mol. The van der Waals surface area contributed by atoms with E-state index in [9.17, 15) is 18.0 Å². The number of amides is 1. The predicted molar refractivity (Wildman–Crippen MR) is 82.6 cm³/mol. The summed E-state index contributed by atoms with van der Waals surface area (Å²) in [5.41, 5.74) is 0.0531. The minimum absolute atomic E-state index is 0.0702. The van der Waals surface area contributed by atoms with Gasteiger partial charge in [-0.2, -0.15) is 13.2 Å². The Morgan fingerprint density at radius 2 is 2.09 bits per heavy atom. The number of rotatable bonds is 4. The van der Waals surface area contributed by atoms with Crippen LogP contribution in [-0.4, -0.2) is 22.1 Å². The molecule has 1 amide bonds. The van der Waals surface area contributed by atoms with Crippen LogP contribution in [0.25, 0.3) is 0 Å². The van der Waals surface area contributed by atoms with Crippen molar-refractivity contribution >= 4 is 23.4 Å². The van der Waals surface area contributed by atoms with Crippen LogP contribution in [0.4, 0.5) is 18.9 Å². The molecule has 0 bridgehead atoms. The summed E-state index contributed by atoms with van der Waals surface area (Å²) in [7, 11) is 0. The number of thioether (sulfide) groups is 1. The van der Waals surface area contributed by atoms with Gasteiger partial charge in [0.05, 0.1) is 16.8 Å². The summed E-state index contributed by atoms with van der Waals surface area (Å²) in [5, 5.41) is 3.00. The summed E-state index contributed by atoms with van der Waals surface area (Å²) < 4.78 is 38.1. The van der Waals surface area contributed by atoms with E-state index in [1.807, 2.05) is 13.2 Å². The van der Waals surface area contributed by atoms with Crippen LogP contribution in [0.5, 0.6) is 0 Å². The molecule has 0 aliphatic rings. The van der Waals surface area contributed by atoms with Crippen molar-refractivity contribution in [2.45, 2.75) is 24.7 Å². The Hall–Kier alpha value is -2.09. The second-order valence-electron chi connectivity index (χ2n) is 4.60. The van der Waals surface area contributed by atoms with Gasteiger partial charge in [0.25, 0.3) is 5.91 Å². The third-order valence-electron chi connectivity index (χ3n) is 3.06. The zero-order valence-electron chi connectivity index (χ0n) is 12.4. The van der Waals surface area contributed by atoms with Gasteiger partial charge >= 0.3 is 6.18 Å². The lowest BCUT2D eigenvalue weighted by Gasteiger charge is -2.11. The van der Waals surface area contributed by atoms with Crippen molar-refractivity contribution in [3.63, 3.8) is 0 Å². The third-order valence-corrected chi connectivity index (χ3v) is 3.62. The number of carbonyl (C=O) groups is 1. The van der Waals surface area contributed by atoms with Gasteiger partial charge < -0.3 is 5.32 Å². The number of nitrogens with one attached hydrogen (secondary N) is 1. The van der Waals surface area contributed by atoms with Crippen LogP contribution in [0.15, 0.2) is 35.6 Å². The second kappa shape index (κ2) is 6.99. The van der Waals surface area contributed by atoms with Crippen molar-refractivity contribution in [1.29, 1.82) is 0 Å². The number of aryl methyl sites for hydroxylation is 1. The third kappa shape index (κ3) is 4.22. The van der Waals surface area contributed by atoms with Crippen LogP contribution in [0.1, 0.15) is 28.5 Å². The van der Waals surface area contributed by atoms with Gasteiger partial charge in [0, 0.05) is 11.9 Å². The fourth-order valence-electron chi connectivity index (χ4n) is 1.93. The van der Waals surface area contributed by atoms with Gasteiger partial charge in [-0.15, -0.1) is 0 Å². The van der Waals surface area contributed by atoms with E-state index in [1.54, 1.807) is 0 Å². The molecular weight excluding hydrogens is 327 g/mol. The molecule has 122 valence electrons. The average Bonchev–Trinajstić information content (AvgIpc) is 2.53. The first kappa shape index (κ1) is 17.3. The second-order valence-corrected chi connectivity index (χ2v) is 5.38. The quantitative estimate of drug-likeness (QED) is 0.674. The van der Waals surface area contributed by atoms with E-state index in [1.165, 1.54) is 30.1 Å². The highest BCUT2D eigenvalue weighted by Gasteiger charge is 2.30. The van der Waals surface area contributed by atoms with E-state index < -0.39 is 17.6 Å². The Balaban J connectivity index is 2.26. The first-order chi connectivity index (χ1) is 10.8. The number of halogens is 3. The molecule has 0 aliphatic carbocycles. The van der Waals surface area contributed by atoms with Gasteiger partial charge in [0.1, 0.15) is 0 Å². The van der Waals surface area contributed by atoms with Crippen molar-refractivity contribution in [2.24, 2.45) is 0 Å². The Morgan fingerprint density at radius 3 is 2.70 bits per heavy atom. The molecule has 2 aromatic rings. The fraction of sp³-hybridized carbons (Fsp3) is 0.267. The summed E-state index contributed by atoms with van der Waals surface area (Å²) in [4.78, 5) is 20.6. The minimum atomic E-state index is -4.46. The smallest absolute Gasteiger partial charge is 0.322 e. The van der Waals surface area contributed by atoms with Crippen molar-refractivity contribution in [3.8, 4) is 0 Å². The summed E-state index contributed by atoms with van der Waals surface area (Å²) in [6.45, 7) is 1.84. The number of benzene rings is 1. The minimum Gasteiger partial charge on any atom is -0.322 e. The highest BCUT2D eigenvalue weighted by Crippen LogP contribution is 2.30. The largest absolute Gasteiger partial charge is 0.416 e. The Morgan fingerprint density at radius 1 is 1.35 bits per heavy atom. The summed E-state index contributed by atoms with van der Waals surface area (Å²) in [5.74, 6) is -0.533. The van der Waals surface area contributed by atoms with Gasteiger partial charge in [0.15, 0.2) is 5.16 Å². The fourth-order valence-corrected chi connectivity index (χ4v) is 2.29. The monoisotopic (exact) mass is 341 g/mol. The Bertz CT molecular complexity index is 719. The number of aromatic nitrogens is 2. The molecule has 0 unspecified atom stereocenters. The Labute approximate surface area is 135 Å². The number of hydrogen-bond donors (Lipinski definition) is 1. The number of alkyl halides is 3. The molecule has 1 aromatic carbocycles. The molecule has 2 rings (SSSR count). The van der Waals surface area contributed by atoms with Crippen LogP contribution in [0, 0.1) is 0 Å². The lowest BCUT2D eigenvalue weighted by atomic mass is 10.1. The molecule has 1 N–H and O–H groups in total. The van der Waals surface area contributed by atoms with E-state index in [0.29, 0.717) is 17.3 Å². The zero-order valence-corrected chi connectivity index (χ0v) is 13.3. The number of carbonyl (C=O) groups excluding carboxylic acids is 1. The van der Waals surface area contributed by atoms with Crippen LogP contribution in [0.3, 0.4) is 0 Å². The van der Waals surface area contributed by atoms with Crippen LogP contribution < -0.4 is 5.32 Å². The van der Waals surface area contributed by atoms with Gasteiger partial charge in [-0.3, -0.25) is 4.79 Å². The maximum Gasteiger partial charge on any atom is 0.416 e. The van der Waals surface area contributed by atoms with Crippen molar-refractivity contribution in [1.82, 2.24) is 9.97 Å². The molecule has 23 heavy (non-hydrogen) atoms. The molecule has 0 saturated heterocycles. The molecule has 0 aliphatic heterocycles. The van der Waals surface area contributed by atoms with Crippen LogP contribution in [-0.2, 0) is 12.6 Å². The summed E-state index contributed by atoms with van der Waals surface area (Å²) in [6, 6.07) is 4.48. The molecule has 0 spiro atoms. The number of anilines is 1. The molecule has 0 radical (unpaired) electrons. The van der Waals surface area contributed by atoms with Gasteiger partial charge in [-0.05, 0) is 30.9 Å². The summed E-state index contributed by atoms with van der Waals surface area (Å²) >= 11 is 1.35. The molecule has 0 saturated carbocycles. The highest BCUT2D eigenvalue weighted by molar-refractivity contribution is 7.98. The molecule has 0 atom stereocenters. The van der Waals surface area contributed by atoms with E-state index >= 15 is 0 Å². The van der Waals surface area contributed by atoms with E-state index in [-0.39, 0.29) is 11.3 Å². The molecule has 1 aromatic heterocycles. The van der Waals surface area contributed by atoms with E-state index in [0.717, 1.165) is 12.1 Å². The number of hydrogen-bond acceptors (Lipinski definition) is 4. The van der Waals surface area contributed by atoms with Crippen LogP contribution in [0.2, 0.25) is 0 Å². The van der Waals surface area contributed by atoms with Crippen molar-refractivity contribution in [2.75, 3.05) is 11.6 Å². The normalized spacial score (nSPS) is 11.3. The summed E-state index contributed by atoms with van der Waals surface area (Å²) in [6.07, 6.45) is -0.738. The highest BCUT2D eigenvalue weighted by atomic mass is 32.2. The topological polar surface area (TPSA) is 54.9 Å². The SMILES string of the molecule is CCc1nc(SC)ncc1C(=O)Nc1cccc(C(F)(F)F)c1. The number of nitrogens with zero attached hydrogens (tertiary/aromatic N) is 2. The van der Waals surface area contributed by atoms with Crippen molar-refractivity contribution in [3.05, 3.63) is 47.3 Å². The molecule has 1 heterocycles. The molecular formula is C15H14F3N3OS. The van der Waals surface area contributed by atoms with Crippen molar-refractivity contribution < 1.29 is 18.0 Å². The standard InChI is InChI=1S/C15H14F3N3OS/c1-3-12-11(8-19-14(21-12)23-2)13(22)20-10-6-4-5-9(7-10)15(16,17)18/h4-8H,3H2,1-2H3,(H,20,22). The molecule has 0 fully saturated rings. The lowest BCUT2D eigenvalue weighted by Crippen LogP contribution is -2.16. The molecule has 8 heteroatoms. The zero-order chi connectivity index (χ0) is 17.0. The predicted octanol–water partition coefficient (Wildman–Crippen LogP) is 4.03. The maximum absolute atomic E-state index is 12.7. The van der Waals surface area contributed by atoms with E-state index in [2.05, 4.69) is 15.3 Å². The van der Waals surface area contributed by atoms with Gasteiger partial charge in [-0.1, -0.05) is 24.8 Å². The first-order valence-electron chi connectivity index (χ1n) is 6.73. The first-order valence-corrected chi connectivity index (χ1v) is 7.96. The van der Waals surface area contributed by atoms with Crippen LogP contribution >= 0.6 is 11.8 Å². The Kier molecular flexibility index (Phi) is 5.25. The van der Waals surface area contributed by atoms with Gasteiger partial charge in [0.2, 0.25) is 0 Å². The van der Waals surface area contributed by atoms with Gasteiger partial charge in [-0.25, -0.2) is 9.97 Å².